The predicted octanol–water partition coefficient (Wildman–Crippen LogP) is 7.85. The lowest BCUT2D eigenvalue weighted by Gasteiger charge is -2.39. The minimum atomic E-state index is -0.200. The normalized spacial score (nSPS) is 26.9. The maximum Gasteiger partial charge on any atom is 0.144 e. The maximum absolute atomic E-state index is 9.78. The fraction of sp³-hybridized carbons (Fsp3) is 0.610. The molecule has 0 aliphatic carbocycles. The fourth-order valence-electron chi connectivity index (χ4n) is 6.90. The Morgan fingerprint density at radius 1 is 1.02 bits per heavy atom. The summed E-state index contributed by atoms with van der Waals surface area (Å²) in [5.74, 6) is 3.57. The van der Waals surface area contributed by atoms with E-state index in [1.54, 1.807) is 41.1 Å². The molecule has 0 aromatic carbocycles. The fourth-order valence-corrected chi connectivity index (χ4v) is 13.5. The van der Waals surface area contributed by atoms with Crippen LogP contribution < -0.4 is 13.8 Å². The Hall–Kier alpha value is -1.62. The van der Waals surface area contributed by atoms with Crippen LogP contribution in [0.4, 0.5) is 0 Å². The Morgan fingerprint density at radius 3 is 2.51 bits per heavy atom. The smallest absolute Gasteiger partial charge is 0.144 e. The third-order valence-electron chi connectivity index (χ3n) is 9.54. The van der Waals surface area contributed by atoms with Crippen LogP contribution in [0, 0.1) is 11.3 Å². The van der Waals surface area contributed by atoms with Crippen molar-refractivity contribution in [2.75, 3.05) is 59.5 Å². The van der Waals surface area contributed by atoms with Gasteiger partial charge >= 0.3 is 0 Å². The van der Waals surface area contributed by atoms with Crippen LogP contribution in [-0.4, -0.2) is 92.4 Å². The van der Waals surface area contributed by atoms with Gasteiger partial charge in [-0.3, -0.25) is 0 Å². The first-order valence-corrected chi connectivity index (χ1v) is 23.3. The summed E-state index contributed by atoms with van der Waals surface area (Å²) in [7, 11) is 0. The summed E-state index contributed by atoms with van der Waals surface area (Å²) in [5.41, 5.74) is 1.19. The zero-order valence-corrected chi connectivity index (χ0v) is 37.1. The SMILES string of the molecule is C=C(OCCO)/C(S/C(C)=C1/S/C(=C(\C)SC(C2=COCCO2)C(C)(C)C)CC2OCCOC12)=c1/cc(OCCO)/c(=C2\SC(C(C)C)C3=C2CCCO3)s1. The largest absolute Gasteiger partial charge is 0.496 e. The highest BCUT2D eigenvalue weighted by molar-refractivity contribution is 8.14. The molecule has 2 fully saturated rings. The maximum atomic E-state index is 9.78. The Kier molecular flexibility index (Phi) is 15.2. The van der Waals surface area contributed by atoms with E-state index in [-0.39, 0.29) is 54.6 Å². The molecule has 0 spiro atoms. The van der Waals surface area contributed by atoms with Gasteiger partial charge in [0.05, 0.1) is 59.1 Å². The van der Waals surface area contributed by atoms with Crippen molar-refractivity contribution in [2.24, 2.45) is 11.3 Å². The summed E-state index contributed by atoms with van der Waals surface area (Å²) in [5, 5.41) is 19.8. The molecule has 2 saturated heterocycles. The summed E-state index contributed by atoms with van der Waals surface area (Å²) in [6.07, 6.45) is 4.17. The van der Waals surface area contributed by atoms with E-state index < -0.39 is 0 Å². The van der Waals surface area contributed by atoms with Gasteiger partial charge in [0.2, 0.25) is 0 Å². The number of thiophene rings is 1. The summed E-state index contributed by atoms with van der Waals surface area (Å²) < 4.78 is 45.2. The quantitative estimate of drug-likeness (QED) is 0.189. The number of ether oxygens (including phenoxy) is 7. The average molecular weight is 853 g/mol. The molecule has 4 unspecified atom stereocenters. The Labute approximate surface area is 347 Å². The van der Waals surface area contributed by atoms with Crippen molar-refractivity contribution in [3.8, 4) is 5.75 Å². The molecule has 6 rings (SSSR count). The lowest BCUT2D eigenvalue weighted by atomic mass is 9.90. The van der Waals surface area contributed by atoms with Crippen molar-refractivity contribution in [2.45, 2.75) is 90.4 Å². The summed E-state index contributed by atoms with van der Waals surface area (Å²) in [6.45, 7) is 22.9. The summed E-state index contributed by atoms with van der Waals surface area (Å²) in [6, 6.07) is 2.05. The molecule has 5 aliphatic rings. The number of allylic oxidation sites excluding steroid dienone is 2. The number of hydrogen-bond acceptors (Lipinski definition) is 14. The van der Waals surface area contributed by atoms with E-state index in [0.29, 0.717) is 38.1 Å². The molecule has 4 atom stereocenters. The van der Waals surface area contributed by atoms with Gasteiger partial charge < -0.3 is 43.4 Å². The average Bonchev–Trinajstić information content (AvgIpc) is 3.78. The van der Waals surface area contributed by atoms with Gasteiger partial charge in [-0.2, -0.15) is 0 Å². The van der Waals surface area contributed by atoms with Gasteiger partial charge in [-0.05, 0) is 47.8 Å². The zero-order chi connectivity index (χ0) is 39.3. The second-order valence-electron chi connectivity index (χ2n) is 15.2. The third kappa shape index (κ3) is 10.2. The highest BCUT2D eigenvalue weighted by Gasteiger charge is 2.40. The Morgan fingerprint density at radius 2 is 1.80 bits per heavy atom. The molecule has 0 radical (unpaired) electrons. The number of hydrogen-bond donors (Lipinski definition) is 2. The number of aliphatic hydroxyl groups excluding tert-OH is 2. The molecule has 5 aliphatic heterocycles. The standard InChI is InChI=1S/C41H56O9S5/c1-23(2)35-33-27(10-9-13-49-33)38(55-35)39-29(46-15-12-43)21-32(54-39)36(24(3)45-14-11-42)51-26(5)37-34-28(47-18-19-50-34)20-31(53-37)25(4)52-40(41(6,7)8)30-22-44-16-17-48-30/h21-23,28,34-35,40,42-43H,3,9-20H2,1-2,4-8H3/b31-25+,36-32+,37-26+,39-38+. The van der Waals surface area contributed by atoms with Crippen LogP contribution in [0.2, 0.25) is 0 Å². The lowest BCUT2D eigenvalue weighted by Crippen LogP contribution is -2.41. The van der Waals surface area contributed by atoms with E-state index >= 15 is 0 Å². The molecule has 1 aromatic rings. The molecule has 14 heteroatoms. The van der Waals surface area contributed by atoms with Gasteiger partial charge in [0, 0.05) is 37.3 Å². The van der Waals surface area contributed by atoms with Crippen molar-refractivity contribution in [3.63, 3.8) is 0 Å². The minimum Gasteiger partial charge on any atom is -0.496 e. The van der Waals surface area contributed by atoms with E-state index in [0.717, 1.165) is 66.9 Å². The molecular weight excluding hydrogens is 797 g/mol. The molecule has 1 aromatic heterocycles. The molecule has 0 saturated carbocycles. The van der Waals surface area contributed by atoms with Crippen LogP contribution in [0.3, 0.4) is 0 Å². The van der Waals surface area contributed by atoms with Gasteiger partial charge in [-0.15, -0.1) is 34.9 Å². The van der Waals surface area contributed by atoms with Crippen molar-refractivity contribution < 1.29 is 43.4 Å². The molecule has 0 bridgehead atoms. The van der Waals surface area contributed by atoms with Crippen molar-refractivity contribution in [3.05, 3.63) is 70.4 Å². The summed E-state index contributed by atoms with van der Waals surface area (Å²) >= 11 is 8.70. The van der Waals surface area contributed by atoms with Gasteiger partial charge in [0.25, 0.3) is 0 Å². The van der Waals surface area contributed by atoms with Crippen LogP contribution in [0.1, 0.15) is 67.7 Å². The van der Waals surface area contributed by atoms with Crippen LogP contribution >= 0.6 is 58.4 Å². The van der Waals surface area contributed by atoms with Gasteiger partial charge in [0.15, 0.2) is 0 Å². The van der Waals surface area contributed by atoms with Gasteiger partial charge in [-0.1, -0.05) is 64.7 Å². The summed E-state index contributed by atoms with van der Waals surface area (Å²) in [4.78, 5) is 6.67. The van der Waals surface area contributed by atoms with E-state index in [4.69, 9.17) is 33.2 Å². The number of thioether (sulfide) groups is 4. The van der Waals surface area contributed by atoms with Crippen LogP contribution in [0.15, 0.2) is 61.4 Å². The second-order valence-corrected chi connectivity index (χ2v) is 21.1. The molecule has 9 nitrogen and oxygen atoms in total. The molecular formula is C41H56O9S5. The highest BCUT2D eigenvalue weighted by atomic mass is 32.2. The lowest BCUT2D eigenvalue weighted by molar-refractivity contribution is -0.122. The molecule has 2 N–H and O–H groups in total. The second kappa shape index (κ2) is 19.4. The predicted molar refractivity (Wildman–Crippen MR) is 229 cm³/mol. The number of fused-ring (bicyclic) bond motifs is 1. The first kappa shape index (κ1) is 43.0. The van der Waals surface area contributed by atoms with E-state index in [2.05, 4.69) is 55.0 Å². The monoisotopic (exact) mass is 852 g/mol. The van der Waals surface area contributed by atoms with E-state index in [1.165, 1.54) is 20.3 Å². The molecule has 304 valence electrons. The van der Waals surface area contributed by atoms with Crippen molar-refractivity contribution in [1.29, 1.82) is 0 Å². The Balaban J connectivity index is 1.44. The number of rotatable bonds is 13. The molecule has 55 heavy (non-hydrogen) atoms. The zero-order valence-electron chi connectivity index (χ0n) is 33.0. The Bertz CT molecular complexity index is 1820. The van der Waals surface area contributed by atoms with Crippen molar-refractivity contribution in [1.82, 2.24) is 0 Å². The van der Waals surface area contributed by atoms with E-state index in [9.17, 15) is 10.2 Å². The molecule has 0 amide bonds. The third-order valence-corrected chi connectivity index (χ3v) is 17.3. The van der Waals surface area contributed by atoms with Crippen LogP contribution in [-0.2, 0) is 28.4 Å². The number of aliphatic hydroxyl groups is 2. The minimum absolute atomic E-state index is 0.0685. The first-order chi connectivity index (χ1) is 26.4. The van der Waals surface area contributed by atoms with Crippen LogP contribution in [0.25, 0.3) is 9.81 Å². The highest BCUT2D eigenvalue weighted by Crippen LogP contribution is 2.52. The van der Waals surface area contributed by atoms with E-state index in [1.807, 2.05) is 29.6 Å². The first-order valence-electron chi connectivity index (χ1n) is 19.1. The molecule has 6 heterocycles. The van der Waals surface area contributed by atoms with Crippen molar-refractivity contribution >= 4 is 68.2 Å². The van der Waals surface area contributed by atoms with Gasteiger partial charge in [0.1, 0.15) is 61.8 Å². The van der Waals surface area contributed by atoms with Gasteiger partial charge in [-0.25, -0.2) is 0 Å². The topological polar surface area (TPSA) is 105 Å². The van der Waals surface area contributed by atoms with Crippen LogP contribution in [0.5, 0.6) is 5.75 Å².